The molecule has 1 amide bonds. The molecule has 2 aliphatic heterocycles. The van der Waals surface area contributed by atoms with E-state index in [4.69, 9.17) is 4.98 Å². The molecular formula is C23H27N5O. The maximum absolute atomic E-state index is 13.3. The number of aromatic amines is 1. The van der Waals surface area contributed by atoms with Gasteiger partial charge in [0.1, 0.15) is 0 Å². The first-order valence-electron chi connectivity index (χ1n) is 10.5. The van der Waals surface area contributed by atoms with Crippen LogP contribution in [-0.4, -0.2) is 38.8 Å². The molecule has 6 nitrogen and oxygen atoms in total. The quantitative estimate of drug-likeness (QED) is 0.722. The van der Waals surface area contributed by atoms with Gasteiger partial charge in [0.05, 0.1) is 12.5 Å². The lowest BCUT2D eigenvalue weighted by molar-refractivity contribution is -0.131. The summed E-state index contributed by atoms with van der Waals surface area (Å²) in [5.41, 5.74) is 6.81. The van der Waals surface area contributed by atoms with Gasteiger partial charge in [-0.3, -0.25) is 4.79 Å². The second-order valence-electron chi connectivity index (χ2n) is 8.33. The second-order valence-corrected chi connectivity index (χ2v) is 8.33. The Bertz CT molecular complexity index is 1090. The first-order chi connectivity index (χ1) is 14.1. The van der Waals surface area contributed by atoms with E-state index in [1.54, 1.807) is 0 Å². The van der Waals surface area contributed by atoms with Crippen LogP contribution in [0.4, 0.5) is 0 Å². The molecule has 1 atom stereocenters. The van der Waals surface area contributed by atoms with Crippen LogP contribution in [0.5, 0.6) is 0 Å². The maximum Gasteiger partial charge on any atom is 0.227 e. The number of hydrogen-bond donors (Lipinski definition) is 2. The highest BCUT2D eigenvalue weighted by molar-refractivity contribution is 5.90. The van der Waals surface area contributed by atoms with Crippen LogP contribution >= 0.6 is 0 Å². The van der Waals surface area contributed by atoms with Crippen molar-refractivity contribution in [2.24, 2.45) is 0 Å². The van der Waals surface area contributed by atoms with Gasteiger partial charge in [-0.2, -0.15) is 0 Å². The number of carbonyl (C=O) groups excluding carboxylic acids is 1. The van der Waals surface area contributed by atoms with Crippen LogP contribution in [0.2, 0.25) is 0 Å². The fourth-order valence-electron chi connectivity index (χ4n) is 4.72. The molecule has 1 aromatic carbocycles. The third-order valence-electron chi connectivity index (χ3n) is 6.30. The van der Waals surface area contributed by atoms with E-state index in [1.165, 1.54) is 11.1 Å². The van der Waals surface area contributed by atoms with Crippen LogP contribution in [-0.2, 0) is 24.2 Å². The predicted octanol–water partition coefficient (Wildman–Crippen LogP) is 3.13. The molecule has 3 aromatic rings. The van der Waals surface area contributed by atoms with Crippen LogP contribution in [0, 0.1) is 13.8 Å². The first-order valence-corrected chi connectivity index (χ1v) is 10.5. The van der Waals surface area contributed by atoms with Gasteiger partial charge in [0.15, 0.2) is 5.82 Å². The number of aromatic nitrogens is 3. The van der Waals surface area contributed by atoms with Crippen LogP contribution in [0.1, 0.15) is 52.8 Å². The van der Waals surface area contributed by atoms with E-state index in [0.717, 1.165) is 72.6 Å². The number of nitrogens with zero attached hydrogens (tertiary/aromatic N) is 3. The van der Waals surface area contributed by atoms with Crippen molar-refractivity contribution in [3.8, 4) is 0 Å². The number of aryl methyl sites for hydroxylation is 2. The van der Waals surface area contributed by atoms with E-state index >= 15 is 0 Å². The number of nitrogens with one attached hydrogen (secondary N) is 2. The summed E-state index contributed by atoms with van der Waals surface area (Å²) < 4.78 is 0. The monoisotopic (exact) mass is 389 g/mol. The third-order valence-corrected chi connectivity index (χ3v) is 6.30. The minimum Gasteiger partial charge on any atom is -0.358 e. The molecule has 4 heterocycles. The van der Waals surface area contributed by atoms with Gasteiger partial charge in [-0.05, 0) is 44.4 Å². The van der Waals surface area contributed by atoms with E-state index < -0.39 is 0 Å². The standard InChI is InChI=1S/C23H27N5O/c1-14-5-6-20-18(10-14)17(15(2)26-20)11-22(29)28-9-3-4-21(28)23-25-13-16-12-24-8-7-19(16)27-23/h5-6,10,13,21,24,26H,3-4,7-9,11-12H2,1-2H3/t21-/m1/s1. The number of carbonyl (C=O) groups is 1. The van der Waals surface area contributed by atoms with Crippen molar-refractivity contribution < 1.29 is 4.79 Å². The largest absolute Gasteiger partial charge is 0.358 e. The summed E-state index contributed by atoms with van der Waals surface area (Å²) in [5.74, 6) is 0.976. The summed E-state index contributed by atoms with van der Waals surface area (Å²) in [6.07, 6.45) is 5.23. The molecule has 1 fully saturated rings. The van der Waals surface area contributed by atoms with Gasteiger partial charge < -0.3 is 15.2 Å². The first kappa shape index (κ1) is 18.3. The van der Waals surface area contributed by atoms with Crippen molar-refractivity contribution in [3.63, 3.8) is 0 Å². The van der Waals surface area contributed by atoms with Gasteiger partial charge in [-0.25, -0.2) is 9.97 Å². The third kappa shape index (κ3) is 3.31. The van der Waals surface area contributed by atoms with Crippen molar-refractivity contribution in [2.45, 2.75) is 52.1 Å². The zero-order chi connectivity index (χ0) is 20.0. The zero-order valence-corrected chi connectivity index (χ0v) is 17.1. The van der Waals surface area contributed by atoms with Gasteiger partial charge in [-0.1, -0.05) is 11.6 Å². The Hall–Kier alpha value is -2.73. The van der Waals surface area contributed by atoms with E-state index in [2.05, 4.69) is 47.3 Å². The lowest BCUT2D eigenvalue weighted by Crippen LogP contribution is -2.33. The molecule has 0 unspecified atom stereocenters. The van der Waals surface area contributed by atoms with Crippen molar-refractivity contribution >= 4 is 16.8 Å². The predicted molar refractivity (Wildman–Crippen MR) is 113 cm³/mol. The van der Waals surface area contributed by atoms with Crippen LogP contribution < -0.4 is 5.32 Å². The van der Waals surface area contributed by atoms with Crippen molar-refractivity contribution in [1.29, 1.82) is 0 Å². The van der Waals surface area contributed by atoms with Gasteiger partial charge in [0.25, 0.3) is 0 Å². The lowest BCUT2D eigenvalue weighted by atomic mass is 10.0. The van der Waals surface area contributed by atoms with Gasteiger partial charge in [0.2, 0.25) is 5.91 Å². The summed E-state index contributed by atoms with van der Waals surface area (Å²) in [6.45, 7) is 6.72. The Labute approximate surface area is 170 Å². The Morgan fingerprint density at radius 2 is 2.21 bits per heavy atom. The number of hydrogen-bond acceptors (Lipinski definition) is 4. The molecule has 5 rings (SSSR count). The second kappa shape index (κ2) is 7.26. The molecule has 0 saturated carbocycles. The Morgan fingerprint density at radius 1 is 1.31 bits per heavy atom. The number of H-pyrrole nitrogens is 1. The molecule has 150 valence electrons. The number of likely N-dealkylation sites (tertiary alicyclic amines) is 1. The Balaban J connectivity index is 1.41. The van der Waals surface area contributed by atoms with E-state index in [1.807, 2.05) is 11.1 Å². The summed E-state index contributed by atoms with van der Waals surface area (Å²) in [5, 5.41) is 4.51. The summed E-state index contributed by atoms with van der Waals surface area (Å²) in [6, 6.07) is 6.36. The highest BCUT2D eigenvalue weighted by atomic mass is 16.2. The van der Waals surface area contributed by atoms with Crippen LogP contribution in [0.3, 0.4) is 0 Å². The van der Waals surface area contributed by atoms with Crippen molar-refractivity contribution in [2.75, 3.05) is 13.1 Å². The zero-order valence-electron chi connectivity index (χ0n) is 17.1. The van der Waals surface area contributed by atoms with Gasteiger partial charge >= 0.3 is 0 Å². The van der Waals surface area contributed by atoms with E-state index in [0.29, 0.717) is 6.42 Å². The summed E-state index contributed by atoms with van der Waals surface area (Å²) in [7, 11) is 0. The molecule has 2 aliphatic rings. The van der Waals surface area contributed by atoms with E-state index in [9.17, 15) is 4.79 Å². The van der Waals surface area contributed by atoms with Crippen LogP contribution in [0.15, 0.2) is 24.4 Å². The van der Waals surface area contributed by atoms with E-state index in [-0.39, 0.29) is 11.9 Å². The molecule has 29 heavy (non-hydrogen) atoms. The number of fused-ring (bicyclic) bond motifs is 2. The van der Waals surface area contributed by atoms with Crippen LogP contribution in [0.25, 0.3) is 10.9 Å². The molecule has 0 spiro atoms. The normalized spacial score (nSPS) is 19.0. The minimum absolute atomic E-state index is 0.00469. The molecule has 0 radical (unpaired) electrons. The number of rotatable bonds is 3. The molecule has 2 N–H and O–H groups in total. The average molecular weight is 390 g/mol. The maximum atomic E-state index is 13.3. The molecule has 0 bridgehead atoms. The fourth-order valence-corrected chi connectivity index (χ4v) is 4.72. The van der Waals surface area contributed by atoms with Crippen molar-refractivity contribution in [1.82, 2.24) is 25.2 Å². The highest BCUT2D eigenvalue weighted by Gasteiger charge is 2.33. The van der Waals surface area contributed by atoms with Gasteiger partial charge in [0, 0.05) is 60.1 Å². The Kier molecular flexibility index (Phi) is 4.59. The fraction of sp³-hybridized carbons (Fsp3) is 0.435. The Morgan fingerprint density at radius 3 is 3.10 bits per heavy atom. The average Bonchev–Trinajstić information content (AvgIpc) is 3.33. The summed E-state index contributed by atoms with van der Waals surface area (Å²) >= 11 is 0. The lowest BCUT2D eigenvalue weighted by Gasteiger charge is -2.25. The number of amides is 1. The number of benzene rings is 1. The van der Waals surface area contributed by atoms with Crippen molar-refractivity contribution in [3.05, 3.63) is 58.3 Å². The topological polar surface area (TPSA) is 73.9 Å². The molecule has 1 saturated heterocycles. The highest BCUT2D eigenvalue weighted by Crippen LogP contribution is 2.32. The molecule has 2 aromatic heterocycles. The smallest absolute Gasteiger partial charge is 0.227 e. The SMILES string of the molecule is Cc1ccc2[nH]c(C)c(CC(=O)N3CCC[C@@H]3c3ncc4c(n3)CCNC4)c2c1. The minimum atomic E-state index is -0.00469. The molecule has 0 aliphatic carbocycles. The molecular weight excluding hydrogens is 362 g/mol. The van der Waals surface area contributed by atoms with Gasteiger partial charge in [-0.15, -0.1) is 0 Å². The summed E-state index contributed by atoms with van der Waals surface area (Å²) in [4.78, 5) is 28.2. The molecule has 6 heteroatoms.